The van der Waals surface area contributed by atoms with Gasteiger partial charge < -0.3 is 5.32 Å². The molecular weight excluding hydrogens is 372 g/mol. The van der Waals surface area contributed by atoms with Crippen LogP contribution in [0.2, 0.25) is 0 Å². The number of carbonyl (C=O) groups is 1. The van der Waals surface area contributed by atoms with Crippen LogP contribution in [0.25, 0.3) is 0 Å². The molecule has 1 heterocycles. The first-order valence-corrected chi connectivity index (χ1v) is 11.1. The van der Waals surface area contributed by atoms with Crippen molar-refractivity contribution < 1.29 is 13.2 Å². The van der Waals surface area contributed by atoms with Crippen LogP contribution in [0, 0.1) is 0 Å². The molecule has 0 saturated heterocycles. The molecule has 2 aliphatic rings. The Hall–Kier alpha value is -2.60. The van der Waals surface area contributed by atoms with E-state index in [1.165, 1.54) is 0 Å². The summed E-state index contributed by atoms with van der Waals surface area (Å²) in [4.78, 5) is 13.5. The molecule has 2 aromatic rings. The van der Waals surface area contributed by atoms with Gasteiger partial charge in [0.25, 0.3) is 10.0 Å². The van der Waals surface area contributed by atoms with Gasteiger partial charge in [-0.1, -0.05) is 63.1 Å². The normalized spacial score (nSPS) is 25.3. The van der Waals surface area contributed by atoms with Crippen LogP contribution in [0.3, 0.4) is 0 Å². The number of sulfonamides is 1. The van der Waals surface area contributed by atoms with Crippen LogP contribution in [0.4, 0.5) is 5.69 Å². The van der Waals surface area contributed by atoms with Crippen molar-refractivity contribution in [3.05, 3.63) is 71.1 Å². The predicted octanol–water partition coefficient (Wildman–Crippen LogP) is 4.34. The summed E-state index contributed by atoms with van der Waals surface area (Å²) in [6.45, 7) is 4.32. The lowest BCUT2D eigenvalue weighted by Crippen LogP contribution is -2.39. The topological polar surface area (TPSA) is 75.3 Å². The highest BCUT2D eigenvalue weighted by molar-refractivity contribution is 7.89. The zero-order valence-corrected chi connectivity index (χ0v) is 16.9. The van der Waals surface area contributed by atoms with Crippen molar-refractivity contribution in [2.45, 2.75) is 49.8 Å². The van der Waals surface area contributed by atoms with E-state index in [-0.39, 0.29) is 21.9 Å². The van der Waals surface area contributed by atoms with Gasteiger partial charge in [0, 0.05) is 11.1 Å². The lowest BCUT2D eigenvalue weighted by molar-refractivity contribution is 0.101. The molecule has 0 radical (unpaired) electrons. The lowest BCUT2D eigenvalue weighted by atomic mass is 9.66. The number of carbonyl (C=O) groups excluding carboxylic acids is 1. The summed E-state index contributed by atoms with van der Waals surface area (Å²) < 4.78 is 28.0. The number of Topliss-reactive ketones (excluding diaryl/α,β-unsaturated/α-hetero) is 1. The van der Waals surface area contributed by atoms with Crippen molar-refractivity contribution in [2.75, 3.05) is 5.32 Å². The van der Waals surface area contributed by atoms with E-state index in [9.17, 15) is 13.2 Å². The molecule has 0 aromatic heterocycles. The van der Waals surface area contributed by atoms with Crippen molar-refractivity contribution in [3.8, 4) is 0 Å². The quantitative estimate of drug-likeness (QED) is 0.757. The fourth-order valence-corrected chi connectivity index (χ4v) is 5.44. The van der Waals surface area contributed by atoms with Crippen LogP contribution in [-0.4, -0.2) is 14.2 Å². The Morgan fingerprint density at radius 3 is 2.57 bits per heavy atom. The zero-order chi connectivity index (χ0) is 19.9. The highest BCUT2D eigenvalue weighted by Crippen LogP contribution is 2.44. The molecule has 0 amide bonds. The van der Waals surface area contributed by atoms with Gasteiger partial charge in [0.2, 0.25) is 0 Å². The average molecular weight is 397 g/mol. The molecule has 5 nitrogen and oxygen atoms in total. The van der Waals surface area contributed by atoms with Crippen molar-refractivity contribution in [2.24, 2.45) is 0 Å². The highest BCUT2D eigenvalue weighted by Gasteiger charge is 2.40. The van der Waals surface area contributed by atoms with Gasteiger partial charge in [-0.05, 0) is 36.0 Å². The number of hydrogen-bond acceptors (Lipinski definition) is 4. The third-order valence-electron chi connectivity index (χ3n) is 5.72. The molecule has 2 N–H and O–H groups in total. The first-order chi connectivity index (χ1) is 13.4. The van der Waals surface area contributed by atoms with Crippen LogP contribution in [0.15, 0.2) is 64.8 Å². The Morgan fingerprint density at radius 2 is 1.79 bits per heavy atom. The standard InChI is InChI=1S/C22H24N2O3S/c1-3-4-13-22(2)14-16(20(25)15-9-5-6-10-17(15)22)21-23-18-11-7-8-12-19(18)28(26,27)24-21/h5-12,23-24H,3-4,13-14H2,1-2H3. The van der Waals surface area contributed by atoms with Gasteiger partial charge >= 0.3 is 0 Å². The van der Waals surface area contributed by atoms with E-state index in [1.807, 2.05) is 24.3 Å². The Balaban J connectivity index is 1.86. The van der Waals surface area contributed by atoms with Gasteiger partial charge in [-0.15, -0.1) is 0 Å². The molecule has 1 aliphatic carbocycles. The summed E-state index contributed by atoms with van der Waals surface area (Å²) >= 11 is 0. The Labute approximate surface area is 165 Å². The van der Waals surface area contributed by atoms with Crippen molar-refractivity contribution in [1.82, 2.24) is 4.72 Å². The largest absolute Gasteiger partial charge is 0.340 e. The molecule has 146 valence electrons. The SMILES string of the molecule is CCCCC1(C)CC(=C2Nc3ccccc3S(=O)(=O)N2)C(=O)c2ccccc21. The molecule has 1 aliphatic heterocycles. The van der Waals surface area contributed by atoms with E-state index in [2.05, 4.69) is 23.9 Å². The minimum absolute atomic E-state index is 0.117. The fourth-order valence-electron chi connectivity index (χ4n) is 4.22. The summed E-state index contributed by atoms with van der Waals surface area (Å²) in [5, 5.41) is 3.15. The summed E-state index contributed by atoms with van der Waals surface area (Å²) in [7, 11) is -3.72. The second kappa shape index (κ2) is 6.78. The molecule has 2 aromatic carbocycles. The van der Waals surface area contributed by atoms with Crippen molar-refractivity contribution >= 4 is 21.5 Å². The maximum Gasteiger partial charge on any atom is 0.265 e. The number of fused-ring (bicyclic) bond motifs is 2. The molecule has 6 heteroatoms. The number of allylic oxidation sites excluding steroid dienone is 1. The first kappa shape index (κ1) is 18.7. The van der Waals surface area contributed by atoms with E-state index < -0.39 is 10.0 Å². The summed E-state index contributed by atoms with van der Waals surface area (Å²) in [6, 6.07) is 14.4. The highest BCUT2D eigenvalue weighted by atomic mass is 32.2. The van der Waals surface area contributed by atoms with E-state index >= 15 is 0 Å². The van der Waals surface area contributed by atoms with Crippen LogP contribution in [-0.2, 0) is 15.4 Å². The van der Waals surface area contributed by atoms with Crippen LogP contribution in [0.1, 0.15) is 55.5 Å². The molecule has 1 unspecified atom stereocenters. The summed E-state index contributed by atoms with van der Waals surface area (Å²) in [6.07, 6.45) is 3.54. The van der Waals surface area contributed by atoms with Gasteiger partial charge in [-0.3, -0.25) is 9.52 Å². The number of anilines is 1. The Morgan fingerprint density at radius 1 is 1.07 bits per heavy atom. The lowest BCUT2D eigenvalue weighted by Gasteiger charge is -2.38. The van der Waals surface area contributed by atoms with E-state index in [0.717, 1.165) is 24.8 Å². The smallest absolute Gasteiger partial charge is 0.265 e. The number of benzene rings is 2. The Kier molecular flexibility index (Phi) is 4.54. The number of nitrogens with one attached hydrogen (secondary N) is 2. The summed E-state index contributed by atoms with van der Waals surface area (Å²) in [5.41, 5.74) is 2.49. The molecule has 0 spiro atoms. The van der Waals surface area contributed by atoms with Gasteiger partial charge in [0.15, 0.2) is 5.78 Å². The van der Waals surface area contributed by atoms with Crippen molar-refractivity contribution in [3.63, 3.8) is 0 Å². The maximum atomic E-state index is 13.3. The minimum atomic E-state index is -3.72. The predicted molar refractivity (Wildman–Crippen MR) is 110 cm³/mol. The number of ketones is 1. The van der Waals surface area contributed by atoms with Gasteiger partial charge in [0.1, 0.15) is 10.7 Å². The second-order valence-electron chi connectivity index (χ2n) is 7.80. The number of unbranched alkanes of at least 4 members (excludes halogenated alkanes) is 1. The van der Waals surface area contributed by atoms with E-state index in [1.54, 1.807) is 24.3 Å². The van der Waals surface area contributed by atoms with Crippen molar-refractivity contribution in [1.29, 1.82) is 0 Å². The van der Waals surface area contributed by atoms with E-state index in [4.69, 9.17) is 0 Å². The number of para-hydroxylation sites is 1. The molecule has 0 saturated carbocycles. The molecule has 0 fully saturated rings. The third kappa shape index (κ3) is 3.02. The molecule has 0 bridgehead atoms. The first-order valence-electron chi connectivity index (χ1n) is 9.62. The number of hydrogen-bond donors (Lipinski definition) is 2. The third-order valence-corrected chi connectivity index (χ3v) is 7.13. The fraction of sp³-hybridized carbons (Fsp3) is 0.318. The van der Waals surface area contributed by atoms with Crippen LogP contribution in [0.5, 0.6) is 0 Å². The number of rotatable bonds is 3. The average Bonchev–Trinajstić information content (AvgIpc) is 2.69. The van der Waals surface area contributed by atoms with Crippen LogP contribution < -0.4 is 10.0 Å². The second-order valence-corrected chi connectivity index (χ2v) is 9.45. The van der Waals surface area contributed by atoms with E-state index in [0.29, 0.717) is 23.2 Å². The minimum Gasteiger partial charge on any atom is -0.340 e. The van der Waals surface area contributed by atoms with Gasteiger partial charge in [0.05, 0.1) is 5.69 Å². The molecule has 1 atom stereocenters. The van der Waals surface area contributed by atoms with Crippen LogP contribution >= 0.6 is 0 Å². The molecule has 28 heavy (non-hydrogen) atoms. The molecular formula is C22H24N2O3S. The van der Waals surface area contributed by atoms with Gasteiger partial charge in [-0.2, -0.15) is 0 Å². The zero-order valence-electron chi connectivity index (χ0n) is 16.1. The monoisotopic (exact) mass is 396 g/mol. The maximum absolute atomic E-state index is 13.3. The van der Waals surface area contributed by atoms with Gasteiger partial charge in [-0.25, -0.2) is 8.42 Å². The molecule has 4 rings (SSSR count). The Bertz CT molecular complexity index is 1090. The summed E-state index contributed by atoms with van der Waals surface area (Å²) in [5.74, 6) is 0.162.